The summed E-state index contributed by atoms with van der Waals surface area (Å²) in [6, 6.07) is 18.2. The lowest BCUT2D eigenvalue weighted by molar-refractivity contribution is -0.134. The van der Waals surface area contributed by atoms with Crippen LogP contribution in [0.2, 0.25) is 0 Å². The van der Waals surface area contributed by atoms with Crippen molar-refractivity contribution in [1.29, 1.82) is 0 Å². The monoisotopic (exact) mass is 387 g/mol. The average molecular weight is 388 g/mol. The molecule has 0 aliphatic carbocycles. The van der Waals surface area contributed by atoms with Crippen molar-refractivity contribution in [3.8, 4) is 5.75 Å². The van der Waals surface area contributed by atoms with E-state index in [1.807, 2.05) is 80.0 Å². The van der Waals surface area contributed by atoms with Gasteiger partial charge in [0.15, 0.2) is 6.61 Å². The Morgan fingerprint density at radius 2 is 1.77 bits per heavy atom. The molecule has 138 valence electrons. The van der Waals surface area contributed by atoms with Gasteiger partial charge in [-0.15, -0.1) is 23.5 Å². The van der Waals surface area contributed by atoms with Crippen LogP contribution in [0.4, 0.5) is 0 Å². The van der Waals surface area contributed by atoms with E-state index in [0.29, 0.717) is 4.58 Å². The molecule has 1 unspecified atom stereocenters. The van der Waals surface area contributed by atoms with Crippen molar-refractivity contribution in [3.05, 3.63) is 65.7 Å². The number of amides is 1. The van der Waals surface area contributed by atoms with Gasteiger partial charge in [0, 0.05) is 7.05 Å². The first-order valence-corrected chi connectivity index (χ1v) is 11.0. The first-order chi connectivity index (χ1) is 12.6. The Bertz CT molecular complexity index is 700. The number of hydrogen-bond donors (Lipinski definition) is 0. The van der Waals surface area contributed by atoms with Gasteiger partial charge in [0.2, 0.25) is 0 Å². The van der Waals surface area contributed by atoms with Gasteiger partial charge < -0.3 is 9.64 Å². The first-order valence-electron chi connectivity index (χ1n) is 8.92. The molecule has 1 atom stereocenters. The molecule has 0 spiro atoms. The summed E-state index contributed by atoms with van der Waals surface area (Å²) >= 11 is 4.01. The van der Waals surface area contributed by atoms with E-state index in [-0.39, 0.29) is 18.6 Å². The summed E-state index contributed by atoms with van der Waals surface area (Å²) in [4.78, 5) is 14.2. The summed E-state index contributed by atoms with van der Waals surface area (Å²) in [6.07, 6.45) is 1.30. The fourth-order valence-corrected chi connectivity index (χ4v) is 5.71. The molecule has 26 heavy (non-hydrogen) atoms. The molecule has 2 aromatic rings. The number of likely N-dealkylation sites (N-methyl/N-ethyl adjacent to an activating group) is 1. The van der Waals surface area contributed by atoms with Crippen molar-refractivity contribution >= 4 is 29.4 Å². The molecule has 0 bridgehead atoms. The third-order valence-electron chi connectivity index (χ3n) is 4.60. The Hall–Kier alpha value is -1.59. The lowest BCUT2D eigenvalue weighted by Gasteiger charge is -2.25. The zero-order valence-corrected chi connectivity index (χ0v) is 16.9. The fraction of sp³-hybridized carbons (Fsp3) is 0.381. The smallest absolute Gasteiger partial charge is 0.260 e. The van der Waals surface area contributed by atoms with Gasteiger partial charge >= 0.3 is 0 Å². The maximum atomic E-state index is 12.4. The molecule has 1 saturated heterocycles. The minimum absolute atomic E-state index is 0.0232. The van der Waals surface area contributed by atoms with Crippen LogP contribution in [0.3, 0.4) is 0 Å². The highest BCUT2D eigenvalue weighted by Crippen LogP contribution is 2.43. The SMILES string of the molecule is CC(c1ccccc1)N(C)C(=O)COc1ccc(C2SCCCS2)cc1. The minimum atomic E-state index is -0.0242. The van der Waals surface area contributed by atoms with Crippen LogP contribution in [-0.2, 0) is 4.79 Å². The molecule has 0 N–H and O–H groups in total. The molecule has 5 heteroatoms. The maximum Gasteiger partial charge on any atom is 0.260 e. The zero-order valence-electron chi connectivity index (χ0n) is 15.3. The van der Waals surface area contributed by atoms with Gasteiger partial charge in [0.25, 0.3) is 5.91 Å². The molecule has 0 saturated carbocycles. The molecule has 1 amide bonds. The van der Waals surface area contributed by atoms with Crippen LogP contribution in [0.5, 0.6) is 5.75 Å². The van der Waals surface area contributed by atoms with E-state index in [1.165, 1.54) is 23.5 Å². The van der Waals surface area contributed by atoms with Crippen molar-refractivity contribution in [1.82, 2.24) is 4.90 Å². The third-order valence-corrected chi connectivity index (χ3v) is 7.61. The molecule has 3 nitrogen and oxygen atoms in total. The Labute approximate surface area is 164 Å². The second-order valence-corrected chi connectivity index (χ2v) is 9.10. The summed E-state index contributed by atoms with van der Waals surface area (Å²) in [6.45, 7) is 2.08. The van der Waals surface area contributed by atoms with Gasteiger partial charge in [-0.05, 0) is 48.1 Å². The average Bonchev–Trinajstić information content (AvgIpc) is 2.72. The van der Waals surface area contributed by atoms with Gasteiger partial charge in [-0.1, -0.05) is 42.5 Å². The number of ether oxygens (including phenoxy) is 1. The van der Waals surface area contributed by atoms with Crippen LogP contribution < -0.4 is 4.74 Å². The lowest BCUT2D eigenvalue weighted by Crippen LogP contribution is -2.33. The Balaban J connectivity index is 1.52. The quantitative estimate of drug-likeness (QED) is 0.685. The van der Waals surface area contributed by atoms with E-state index in [1.54, 1.807) is 4.90 Å². The molecule has 0 aromatic heterocycles. The van der Waals surface area contributed by atoms with E-state index >= 15 is 0 Å². The van der Waals surface area contributed by atoms with Gasteiger partial charge in [-0.25, -0.2) is 0 Å². The van der Waals surface area contributed by atoms with Crippen molar-refractivity contribution in [3.63, 3.8) is 0 Å². The van der Waals surface area contributed by atoms with Crippen LogP contribution >= 0.6 is 23.5 Å². The van der Waals surface area contributed by atoms with Gasteiger partial charge in [-0.3, -0.25) is 4.79 Å². The zero-order chi connectivity index (χ0) is 18.4. The Morgan fingerprint density at radius 3 is 2.42 bits per heavy atom. The second kappa shape index (κ2) is 9.38. The second-order valence-electron chi connectivity index (χ2n) is 6.38. The number of benzene rings is 2. The number of hydrogen-bond acceptors (Lipinski definition) is 4. The normalized spacial score (nSPS) is 16.1. The summed E-state index contributed by atoms with van der Waals surface area (Å²) in [7, 11) is 1.82. The lowest BCUT2D eigenvalue weighted by atomic mass is 10.1. The van der Waals surface area contributed by atoms with Crippen molar-refractivity contribution in [2.24, 2.45) is 0 Å². The predicted molar refractivity (Wildman–Crippen MR) is 112 cm³/mol. The van der Waals surface area contributed by atoms with Gasteiger partial charge in [-0.2, -0.15) is 0 Å². The summed E-state index contributed by atoms with van der Waals surface area (Å²) in [5, 5.41) is 0. The van der Waals surface area contributed by atoms with E-state index in [4.69, 9.17) is 4.74 Å². The van der Waals surface area contributed by atoms with Gasteiger partial charge in [0.05, 0.1) is 10.6 Å². The molecule has 0 radical (unpaired) electrons. The molecule has 1 aliphatic rings. The highest BCUT2D eigenvalue weighted by molar-refractivity contribution is 8.16. The minimum Gasteiger partial charge on any atom is -0.484 e. The molecule has 3 rings (SSSR count). The highest BCUT2D eigenvalue weighted by atomic mass is 32.2. The summed E-state index contributed by atoms with van der Waals surface area (Å²) < 4.78 is 6.24. The number of carbonyl (C=O) groups excluding carboxylic acids is 1. The van der Waals surface area contributed by atoms with Crippen LogP contribution in [-0.4, -0.2) is 36.0 Å². The van der Waals surface area contributed by atoms with Crippen LogP contribution in [0.15, 0.2) is 54.6 Å². The van der Waals surface area contributed by atoms with Crippen LogP contribution in [0, 0.1) is 0 Å². The van der Waals surface area contributed by atoms with Crippen molar-refractivity contribution < 1.29 is 9.53 Å². The molecular weight excluding hydrogens is 362 g/mol. The first kappa shape index (κ1) is 19.2. The topological polar surface area (TPSA) is 29.5 Å². The summed E-state index contributed by atoms with van der Waals surface area (Å²) in [5.74, 6) is 3.18. The third kappa shape index (κ3) is 4.98. The van der Waals surface area contributed by atoms with Crippen LogP contribution in [0.25, 0.3) is 0 Å². The Kier molecular flexibility index (Phi) is 6.92. The maximum absolute atomic E-state index is 12.4. The number of carbonyl (C=O) groups is 1. The number of thioether (sulfide) groups is 2. The molecule has 1 aliphatic heterocycles. The van der Waals surface area contributed by atoms with Crippen LogP contribution in [0.1, 0.15) is 35.1 Å². The molecule has 2 aromatic carbocycles. The standard InChI is InChI=1S/C21H25NO2S2/c1-16(17-7-4-3-5-8-17)22(2)20(23)15-24-19-11-9-18(10-12-19)21-25-13-6-14-26-21/h3-5,7-12,16,21H,6,13-15H2,1-2H3. The van der Waals surface area contributed by atoms with E-state index in [2.05, 4.69) is 12.1 Å². The Morgan fingerprint density at radius 1 is 1.12 bits per heavy atom. The largest absolute Gasteiger partial charge is 0.484 e. The fourth-order valence-electron chi connectivity index (χ4n) is 2.82. The van der Waals surface area contributed by atoms with Gasteiger partial charge in [0.1, 0.15) is 5.75 Å². The molecule has 1 fully saturated rings. The summed E-state index contributed by atoms with van der Waals surface area (Å²) in [5.41, 5.74) is 2.45. The molecule has 1 heterocycles. The van der Waals surface area contributed by atoms with E-state index in [0.717, 1.165) is 11.3 Å². The van der Waals surface area contributed by atoms with E-state index in [9.17, 15) is 4.79 Å². The van der Waals surface area contributed by atoms with Crippen molar-refractivity contribution in [2.75, 3.05) is 25.2 Å². The molecular formula is C21H25NO2S2. The predicted octanol–water partition coefficient (Wildman–Crippen LogP) is 5.15. The highest BCUT2D eigenvalue weighted by Gasteiger charge is 2.18. The van der Waals surface area contributed by atoms with Crippen molar-refractivity contribution in [2.45, 2.75) is 24.0 Å². The number of nitrogens with zero attached hydrogens (tertiary/aromatic N) is 1. The van der Waals surface area contributed by atoms with E-state index < -0.39 is 0 Å². The number of rotatable bonds is 6.